The average Bonchev–Trinajstić information content (AvgIpc) is 2.77. The number of nitrogens with zero attached hydrogens (tertiary/aromatic N) is 1. The molecule has 3 heteroatoms. The molecule has 0 atom stereocenters. The van der Waals surface area contributed by atoms with Crippen LogP contribution in [0.15, 0.2) is 35.7 Å². The largest absolute Gasteiger partial charge is 0.361 e. The fraction of sp³-hybridized carbons (Fsp3) is 0.400. The number of hydrogen-bond donors (Lipinski definition) is 1. The number of thiazole rings is 1. The zero-order valence-electron chi connectivity index (χ0n) is 11.0. The van der Waals surface area contributed by atoms with E-state index >= 15 is 0 Å². The van der Waals surface area contributed by atoms with Gasteiger partial charge in [-0.1, -0.05) is 44.2 Å². The topological polar surface area (TPSA) is 24.9 Å². The lowest BCUT2D eigenvalue weighted by Gasteiger charge is -2.03. The molecule has 1 heterocycles. The van der Waals surface area contributed by atoms with Gasteiger partial charge in [-0.25, -0.2) is 4.98 Å². The summed E-state index contributed by atoms with van der Waals surface area (Å²) in [6.07, 6.45) is 2.11. The SMILES string of the molecule is CC(C)Cc1csc(NCCc2ccccc2)n1. The van der Waals surface area contributed by atoms with E-state index in [9.17, 15) is 0 Å². The van der Waals surface area contributed by atoms with E-state index in [0.29, 0.717) is 5.92 Å². The van der Waals surface area contributed by atoms with Gasteiger partial charge in [-0.2, -0.15) is 0 Å². The normalized spacial score (nSPS) is 10.8. The summed E-state index contributed by atoms with van der Waals surface area (Å²) in [4.78, 5) is 4.59. The minimum atomic E-state index is 0.671. The van der Waals surface area contributed by atoms with E-state index in [1.54, 1.807) is 11.3 Å². The molecule has 0 bridgehead atoms. The molecule has 2 aromatic rings. The molecule has 0 saturated heterocycles. The highest BCUT2D eigenvalue weighted by molar-refractivity contribution is 7.13. The molecule has 2 nitrogen and oxygen atoms in total. The Balaban J connectivity index is 1.78. The fourth-order valence-corrected chi connectivity index (χ4v) is 2.61. The number of nitrogens with one attached hydrogen (secondary N) is 1. The summed E-state index contributed by atoms with van der Waals surface area (Å²) in [6, 6.07) is 10.5. The number of aromatic nitrogens is 1. The van der Waals surface area contributed by atoms with Crippen LogP contribution in [0.25, 0.3) is 0 Å². The predicted octanol–water partition coefficient (Wildman–Crippen LogP) is 4.00. The Kier molecular flexibility index (Phi) is 4.76. The molecule has 0 aliphatic heterocycles. The van der Waals surface area contributed by atoms with Gasteiger partial charge in [0.2, 0.25) is 0 Å². The van der Waals surface area contributed by atoms with Crippen LogP contribution in [0, 0.1) is 5.92 Å². The Labute approximate surface area is 113 Å². The van der Waals surface area contributed by atoms with E-state index in [4.69, 9.17) is 0 Å². The Bertz CT molecular complexity index is 462. The number of hydrogen-bond acceptors (Lipinski definition) is 3. The number of anilines is 1. The second-order valence-electron chi connectivity index (χ2n) is 4.90. The summed E-state index contributed by atoms with van der Waals surface area (Å²) in [7, 11) is 0. The lowest BCUT2D eigenvalue weighted by molar-refractivity contribution is 0.638. The Morgan fingerprint density at radius 2 is 2.00 bits per heavy atom. The number of benzene rings is 1. The third-order valence-electron chi connectivity index (χ3n) is 2.70. The molecule has 0 radical (unpaired) electrons. The van der Waals surface area contributed by atoms with Crippen LogP contribution < -0.4 is 5.32 Å². The molecule has 2 rings (SSSR count). The molecule has 1 aromatic carbocycles. The van der Waals surface area contributed by atoms with Crippen LogP contribution >= 0.6 is 11.3 Å². The van der Waals surface area contributed by atoms with Crippen LogP contribution in [0.2, 0.25) is 0 Å². The Morgan fingerprint density at radius 1 is 1.22 bits per heavy atom. The van der Waals surface area contributed by atoms with Gasteiger partial charge in [-0.3, -0.25) is 0 Å². The van der Waals surface area contributed by atoms with E-state index in [1.165, 1.54) is 11.3 Å². The molecule has 0 aliphatic rings. The summed E-state index contributed by atoms with van der Waals surface area (Å²) >= 11 is 1.70. The third-order valence-corrected chi connectivity index (χ3v) is 3.55. The number of rotatable bonds is 6. The van der Waals surface area contributed by atoms with E-state index in [0.717, 1.165) is 24.5 Å². The van der Waals surface area contributed by atoms with Crippen molar-refractivity contribution in [2.24, 2.45) is 5.92 Å². The maximum Gasteiger partial charge on any atom is 0.182 e. The van der Waals surface area contributed by atoms with Crippen LogP contribution in [0.5, 0.6) is 0 Å². The van der Waals surface area contributed by atoms with Gasteiger partial charge in [0.25, 0.3) is 0 Å². The maximum atomic E-state index is 4.59. The van der Waals surface area contributed by atoms with Crippen molar-refractivity contribution in [3.63, 3.8) is 0 Å². The first-order valence-corrected chi connectivity index (χ1v) is 7.34. The van der Waals surface area contributed by atoms with Crippen LogP contribution in [0.1, 0.15) is 25.1 Å². The molecule has 0 saturated carbocycles. The molecule has 96 valence electrons. The molecule has 0 fully saturated rings. The van der Waals surface area contributed by atoms with Crippen LogP contribution in [-0.4, -0.2) is 11.5 Å². The van der Waals surface area contributed by atoms with Gasteiger partial charge in [0, 0.05) is 11.9 Å². The molecule has 1 aromatic heterocycles. The molecule has 0 spiro atoms. The molecular weight excluding hydrogens is 240 g/mol. The molecule has 0 amide bonds. The standard InChI is InChI=1S/C15H20N2S/c1-12(2)10-14-11-18-15(17-14)16-9-8-13-6-4-3-5-7-13/h3-7,11-12H,8-10H2,1-2H3,(H,16,17). The van der Waals surface area contributed by atoms with Gasteiger partial charge in [0.1, 0.15) is 0 Å². The third kappa shape index (κ3) is 4.15. The Hall–Kier alpha value is -1.35. The van der Waals surface area contributed by atoms with Gasteiger partial charge in [0.15, 0.2) is 5.13 Å². The molecule has 0 unspecified atom stereocenters. The summed E-state index contributed by atoms with van der Waals surface area (Å²) < 4.78 is 0. The zero-order valence-corrected chi connectivity index (χ0v) is 11.8. The second kappa shape index (κ2) is 6.55. The van der Waals surface area contributed by atoms with Crippen molar-refractivity contribution in [3.8, 4) is 0 Å². The smallest absolute Gasteiger partial charge is 0.182 e. The van der Waals surface area contributed by atoms with Gasteiger partial charge >= 0.3 is 0 Å². The highest BCUT2D eigenvalue weighted by Crippen LogP contribution is 2.17. The van der Waals surface area contributed by atoms with Crippen LogP contribution in [0.4, 0.5) is 5.13 Å². The lowest BCUT2D eigenvalue weighted by atomic mass is 10.1. The van der Waals surface area contributed by atoms with Gasteiger partial charge in [-0.05, 0) is 24.3 Å². The summed E-state index contributed by atoms with van der Waals surface area (Å²) in [6.45, 7) is 5.39. The first-order valence-electron chi connectivity index (χ1n) is 6.46. The fourth-order valence-electron chi connectivity index (χ4n) is 1.86. The average molecular weight is 260 g/mol. The molecular formula is C15H20N2S. The second-order valence-corrected chi connectivity index (χ2v) is 5.76. The minimum Gasteiger partial charge on any atom is -0.361 e. The van der Waals surface area contributed by atoms with Crippen LogP contribution in [-0.2, 0) is 12.8 Å². The Morgan fingerprint density at radius 3 is 2.72 bits per heavy atom. The van der Waals surface area contributed by atoms with Gasteiger partial charge in [-0.15, -0.1) is 11.3 Å². The van der Waals surface area contributed by atoms with Crippen molar-refractivity contribution in [1.29, 1.82) is 0 Å². The van der Waals surface area contributed by atoms with Gasteiger partial charge in [0.05, 0.1) is 5.69 Å². The quantitative estimate of drug-likeness (QED) is 0.849. The van der Waals surface area contributed by atoms with E-state index in [1.807, 2.05) is 0 Å². The van der Waals surface area contributed by atoms with Crippen molar-refractivity contribution in [2.45, 2.75) is 26.7 Å². The van der Waals surface area contributed by atoms with Gasteiger partial charge < -0.3 is 5.32 Å². The van der Waals surface area contributed by atoms with Crippen molar-refractivity contribution in [2.75, 3.05) is 11.9 Å². The van der Waals surface area contributed by atoms with Crippen molar-refractivity contribution in [3.05, 3.63) is 47.0 Å². The first-order chi connectivity index (χ1) is 8.74. The van der Waals surface area contributed by atoms with E-state index in [2.05, 4.69) is 59.9 Å². The molecule has 1 N–H and O–H groups in total. The van der Waals surface area contributed by atoms with Crippen molar-refractivity contribution < 1.29 is 0 Å². The maximum absolute atomic E-state index is 4.59. The predicted molar refractivity (Wildman–Crippen MR) is 79.3 cm³/mol. The highest BCUT2D eigenvalue weighted by Gasteiger charge is 2.03. The summed E-state index contributed by atoms with van der Waals surface area (Å²) in [5, 5.41) is 6.59. The van der Waals surface area contributed by atoms with Crippen molar-refractivity contribution in [1.82, 2.24) is 4.98 Å². The van der Waals surface area contributed by atoms with E-state index < -0.39 is 0 Å². The molecule has 0 aliphatic carbocycles. The van der Waals surface area contributed by atoms with Crippen molar-refractivity contribution >= 4 is 16.5 Å². The monoisotopic (exact) mass is 260 g/mol. The molecule has 18 heavy (non-hydrogen) atoms. The minimum absolute atomic E-state index is 0.671. The summed E-state index contributed by atoms with van der Waals surface area (Å²) in [5.74, 6) is 0.671. The first kappa shape index (κ1) is 13.1. The van der Waals surface area contributed by atoms with E-state index in [-0.39, 0.29) is 0 Å². The zero-order chi connectivity index (χ0) is 12.8. The lowest BCUT2D eigenvalue weighted by Crippen LogP contribution is -2.04. The van der Waals surface area contributed by atoms with Crippen LogP contribution in [0.3, 0.4) is 0 Å². The highest BCUT2D eigenvalue weighted by atomic mass is 32.1. The summed E-state index contributed by atoms with van der Waals surface area (Å²) in [5.41, 5.74) is 2.57.